The zero-order valence-electron chi connectivity index (χ0n) is 14.8. The number of aromatic nitrogens is 1. The number of benzene rings is 2. The lowest BCUT2D eigenvalue weighted by atomic mass is 10.1. The number of hydrogen-bond donors (Lipinski definition) is 2. The second kappa shape index (κ2) is 8.85. The molecule has 142 valence electrons. The van der Waals surface area contributed by atoms with Crippen molar-refractivity contribution in [2.45, 2.75) is 6.42 Å². The number of amides is 2. The van der Waals surface area contributed by atoms with Crippen LogP contribution in [0.2, 0.25) is 0 Å². The summed E-state index contributed by atoms with van der Waals surface area (Å²) in [5.41, 5.74) is 1.22. The molecule has 2 aromatic carbocycles. The smallest absolute Gasteiger partial charge is 0.257 e. The van der Waals surface area contributed by atoms with Crippen LogP contribution >= 0.6 is 0 Å². The van der Waals surface area contributed by atoms with Crippen LogP contribution in [0, 0.1) is 11.6 Å². The summed E-state index contributed by atoms with van der Waals surface area (Å²) in [4.78, 5) is 28.5. The van der Waals surface area contributed by atoms with Crippen molar-refractivity contribution < 1.29 is 18.4 Å². The van der Waals surface area contributed by atoms with Gasteiger partial charge in [0.25, 0.3) is 11.8 Å². The molecule has 0 spiro atoms. The predicted octanol–water partition coefficient (Wildman–Crippen LogP) is 3.58. The van der Waals surface area contributed by atoms with Gasteiger partial charge in [-0.3, -0.25) is 14.6 Å². The third kappa shape index (κ3) is 4.97. The van der Waals surface area contributed by atoms with Gasteiger partial charge in [0.1, 0.15) is 11.6 Å². The van der Waals surface area contributed by atoms with Crippen LogP contribution in [-0.2, 0) is 6.42 Å². The molecule has 0 fully saturated rings. The molecule has 0 aliphatic carbocycles. The van der Waals surface area contributed by atoms with E-state index in [-0.39, 0.29) is 22.7 Å². The van der Waals surface area contributed by atoms with E-state index in [9.17, 15) is 18.4 Å². The Balaban J connectivity index is 1.62. The highest BCUT2D eigenvalue weighted by molar-refractivity contribution is 6.05. The molecule has 0 unspecified atom stereocenters. The van der Waals surface area contributed by atoms with Gasteiger partial charge in [-0.15, -0.1) is 0 Å². The Morgan fingerprint density at radius 1 is 0.893 bits per heavy atom. The van der Waals surface area contributed by atoms with Crippen molar-refractivity contribution in [3.63, 3.8) is 0 Å². The molecule has 0 atom stereocenters. The number of rotatable bonds is 6. The molecule has 2 N–H and O–H groups in total. The molecule has 3 rings (SSSR count). The summed E-state index contributed by atoms with van der Waals surface area (Å²) < 4.78 is 26.6. The Morgan fingerprint density at radius 3 is 2.32 bits per heavy atom. The van der Waals surface area contributed by atoms with Gasteiger partial charge in [0.2, 0.25) is 0 Å². The van der Waals surface area contributed by atoms with E-state index >= 15 is 0 Å². The van der Waals surface area contributed by atoms with Gasteiger partial charge in [0.15, 0.2) is 0 Å². The highest BCUT2D eigenvalue weighted by atomic mass is 19.1. The zero-order chi connectivity index (χ0) is 19.9. The van der Waals surface area contributed by atoms with Crippen LogP contribution in [0.3, 0.4) is 0 Å². The Bertz CT molecular complexity index is 994. The highest BCUT2D eigenvalue weighted by Gasteiger charge is 2.13. The summed E-state index contributed by atoms with van der Waals surface area (Å²) in [6.45, 7) is 0.431. The molecule has 0 saturated heterocycles. The molecule has 0 aliphatic rings. The van der Waals surface area contributed by atoms with Crippen molar-refractivity contribution in [3.8, 4) is 0 Å². The lowest BCUT2D eigenvalue weighted by Gasteiger charge is -2.08. The third-order valence-electron chi connectivity index (χ3n) is 3.98. The summed E-state index contributed by atoms with van der Waals surface area (Å²) in [6, 6.07) is 13.9. The summed E-state index contributed by atoms with van der Waals surface area (Å²) in [7, 11) is 0. The van der Waals surface area contributed by atoms with Crippen molar-refractivity contribution in [3.05, 3.63) is 95.3 Å². The summed E-state index contributed by atoms with van der Waals surface area (Å²) in [6.07, 6.45) is 3.27. The molecular weight excluding hydrogens is 364 g/mol. The molecule has 0 radical (unpaired) electrons. The van der Waals surface area contributed by atoms with Crippen LogP contribution in [0.5, 0.6) is 0 Å². The van der Waals surface area contributed by atoms with Gasteiger partial charge in [-0.05, 0) is 30.2 Å². The minimum Gasteiger partial charge on any atom is -0.352 e. The van der Waals surface area contributed by atoms with E-state index < -0.39 is 17.5 Å². The molecule has 0 saturated carbocycles. The fourth-order valence-corrected chi connectivity index (χ4v) is 2.54. The highest BCUT2D eigenvalue weighted by Crippen LogP contribution is 2.16. The molecule has 1 aromatic heterocycles. The maximum absolute atomic E-state index is 13.7. The molecule has 7 heteroatoms. The van der Waals surface area contributed by atoms with Gasteiger partial charge in [-0.25, -0.2) is 8.78 Å². The normalized spacial score (nSPS) is 10.4. The Kier molecular flexibility index (Phi) is 6.06. The quantitative estimate of drug-likeness (QED) is 0.686. The minimum atomic E-state index is -0.892. The number of hydrogen-bond acceptors (Lipinski definition) is 3. The fraction of sp³-hybridized carbons (Fsp3) is 0.0952. The standard InChI is InChI=1S/C21H17F2N3O2/c22-17-6-7-19(18(23)11-17)26-21(28)16-10-15(12-24-13-16)20(27)25-9-8-14-4-2-1-3-5-14/h1-7,10-13H,8-9H2,(H,25,27)(H,26,28). The van der Waals surface area contributed by atoms with Crippen LogP contribution in [-0.4, -0.2) is 23.3 Å². The summed E-state index contributed by atoms with van der Waals surface area (Å²) in [5.74, 6) is -2.66. The van der Waals surface area contributed by atoms with Gasteiger partial charge in [0, 0.05) is 25.0 Å². The Hall–Kier alpha value is -3.61. The number of carbonyl (C=O) groups excluding carboxylic acids is 2. The fourth-order valence-electron chi connectivity index (χ4n) is 2.54. The predicted molar refractivity (Wildman–Crippen MR) is 101 cm³/mol. The first-order chi connectivity index (χ1) is 13.5. The first-order valence-corrected chi connectivity index (χ1v) is 8.56. The lowest BCUT2D eigenvalue weighted by Crippen LogP contribution is -2.26. The maximum Gasteiger partial charge on any atom is 0.257 e. The van der Waals surface area contributed by atoms with E-state index in [0.717, 1.165) is 17.7 Å². The van der Waals surface area contributed by atoms with E-state index in [1.165, 1.54) is 18.5 Å². The Labute approximate surface area is 160 Å². The van der Waals surface area contributed by atoms with Crippen molar-refractivity contribution >= 4 is 17.5 Å². The van der Waals surface area contributed by atoms with E-state index in [1.54, 1.807) is 0 Å². The van der Waals surface area contributed by atoms with Crippen molar-refractivity contribution in [1.82, 2.24) is 10.3 Å². The summed E-state index contributed by atoms with van der Waals surface area (Å²) in [5, 5.41) is 5.10. The van der Waals surface area contributed by atoms with Gasteiger partial charge in [-0.2, -0.15) is 0 Å². The first-order valence-electron chi connectivity index (χ1n) is 8.56. The van der Waals surface area contributed by atoms with Crippen LogP contribution in [0.15, 0.2) is 67.0 Å². The monoisotopic (exact) mass is 381 g/mol. The van der Waals surface area contributed by atoms with E-state index in [1.807, 2.05) is 30.3 Å². The number of anilines is 1. The molecule has 0 bridgehead atoms. The van der Waals surface area contributed by atoms with Gasteiger partial charge in [-0.1, -0.05) is 30.3 Å². The van der Waals surface area contributed by atoms with Gasteiger partial charge < -0.3 is 10.6 Å². The van der Waals surface area contributed by atoms with Crippen molar-refractivity contribution in [2.24, 2.45) is 0 Å². The minimum absolute atomic E-state index is 0.0828. The lowest BCUT2D eigenvalue weighted by molar-refractivity contribution is 0.0953. The molecular formula is C21H17F2N3O2. The number of halogens is 2. The number of nitrogens with zero attached hydrogens (tertiary/aromatic N) is 1. The third-order valence-corrected chi connectivity index (χ3v) is 3.98. The molecule has 2 amide bonds. The zero-order valence-corrected chi connectivity index (χ0v) is 14.8. The topological polar surface area (TPSA) is 71.1 Å². The van der Waals surface area contributed by atoms with E-state index in [2.05, 4.69) is 15.6 Å². The SMILES string of the molecule is O=C(NCCc1ccccc1)c1cncc(C(=O)Nc2ccc(F)cc2F)c1. The van der Waals surface area contributed by atoms with Crippen LogP contribution < -0.4 is 10.6 Å². The van der Waals surface area contributed by atoms with Crippen LogP contribution in [0.25, 0.3) is 0 Å². The molecule has 0 aliphatic heterocycles. The summed E-state index contributed by atoms with van der Waals surface area (Å²) >= 11 is 0. The average molecular weight is 381 g/mol. The molecule has 28 heavy (non-hydrogen) atoms. The second-order valence-electron chi connectivity index (χ2n) is 6.03. The maximum atomic E-state index is 13.7. The number of carbonyl (C=O) groups is 2. The second-order valence-corrected chi connectivity index (χ2v) is 6.03. The van der Waals surface area contributed by atoms with E-state index in [4.69, 9.17) is 0 Å². The largest absolute Gasteiger partial charge is 0.352 e. The first kappa shape index (κ1) is 19.2. The van der Waals surface area contributed by atoms with Crippen LogP contribution in [0.1, 0.15) is 26.3 Å². The van der Waals surface area contributed by atoms with Gasteiger partial charge >= 0.3 is 0 Å². The van der Waals surface area contributed by atoms with Crippen LogP contribution in [0.4, 0.5) is 14.5 Å². The molecule has 1 heterocycles. The van der Waals surface area contributed by atoms with E-state index in [0.29, 0.717) is 19.0 Å². The van der Waals surface area contributed by atoms with Crippen molar-refractivity contribution in [2.75, 3.05) is 11.9 Å². The average Bonchev–Trinajstić information content (AvgIpc) is 2.71. The molecule has 3 aromatic rings. The van der Waals surface area contributed by atoms with Crippen molar-refractivity contribution in [1.29, 1.82) is 0 Å². The number of pyridine rings is 1. The molecule has 5 nitrogen and oxygen atoms in total. The van der Waals surface area contributed by atoms with Gasteiger partial charge in [0.05, 0.1) is 16.8 Å². The Morgan fingerprint density at radius 2 is 1.61 bits per heavy atom. The number of nitrogens with one attached hydrogen (secondary N) is 2.